The number of benzene rings is 1. The summed E-state index contributed by atoms with van der Waals surface area (Å²) in [5.41, 5.74) is 1.22. The van der Waals surface area contributed by atoms with Crippen molar-refractivity contribution < 1.29 is 13.3 Å². The fraction of sp³-hybridized carbons (Fsp3) is 0.375. The van der Waals surface area contributed by atoms with Gasteiger partial charge in [-0.25, -0.2) is 18.4 Å². The Morgan fingerprint density at radius 3 is 2.19 bits per heavy atom. The highest BCUT2D eigenvalue weighted by Crippen LogP contribution is 2.35. The Morgan fingerprint density at radius 1 is 1.12 bits per heavy atom. The number of nitro benzene ring substituents is 1. The van der Waals surface area contributed by atoms with Gasteiger partial charge in [0, 0.05) is 30.5 Å². The van der Waals surface area contributed by atoms with Crippen LogP contribution in [0.3, 0.4) is 0 Å². The number of rotatable bonds is 7. The maximum absolute atomic E-state index is 12.6. The second-order valence-corrected chi connectivity index (χ2v) is 8.46. The SMILES string of the molecule is CCN(CC)S(=O)(=O)c1ccc(Sc2nc(C)cc(C)n2)c([N+](=O)[O-])c1. The highest BCUT2D eigenvalue weighted by atomic mass is 32.2. The summed E-state index contributed by atoms with van der Waals surface area (Å²) in [5, 5.41) is 11.9. The minimum Gasteiger partial charge on any atom is -0.258 e. The normalized spacial score (nSPS) is 11.7. The van der Waals surface area contributed by atoms with Crippen molar-refractivity contribution in [2.24, 2.45) is 0 Å². The van der Waals surface area contributed by atoms with Gasteiger partial charge in [-0.2, -0.15) is 4.31 Å². The average molecular weight is 396 g/mol. The maximum atomic E-state index is 12.6. The molecule has 1 heterocycles. The second kappa shape index (κ2) is 8.11. The van der Waals surface area contributed by atoms with Crippen molar-refractivity contribution in [1.29, 1.82) is 0 Å². The lowest BCUT2D eigenvalue weighted by Gasteiger charge is -2.18. The average Bonchev–Trinajstić information content (AvgIpc) is 2.54. The van der Waals surface area contributed by atoms with Crippen LogP contribution < -0.4 is 0 Å². The number of sulfonamides is 1. The Morgan fingerprint density at radius 2 is 1.69 bits per heavy atom. The molecule has 26 heavy (non-hydrogen) atoms. The van der Waals surface area contributed by atoms with Crippen LogP contribution in [0.1, 0.15) is 25.2 Å². The summed E-state index contributed by atoms with van der Waals surface area (Å²) in [7, 11) is -3.77. The zero-order valence-corrected chi connectivity index (χ0v) is 16.6. The Labute approximate surface area is 156 Å². The van der Waals surface area contributed by atoms with Gasteiger partial charge in [-0.3, -0.25) is 10.1 Å². The molecule has 0 aliphatic rings. The zero-order valence-electron chi connectivity index (χ0n) is 15.0. The predicted octanol–water partition coefficient (Wildman–Crippen LogP) is 3.18. The largest absolute Gasteiger partial charge is 0.284 e. The van der Waals surface area contributed by atoms with Gasteiger partial charge in [-0.1, -0.05) is 13.8 Å². The van der Waals surface area contributed by atoms with Gasteiger partial charge in [0.2, 0.25) is 10.0 Å². The van der Waals surface area contributed by atoms with Gasteiger partial charge in [-0.05, 0) is 43.8 Å². The van der Waals surface area contributed by atoms with E-state index in [0.29, 0.717) is 23.1 Å². The summed E-state index contributed by atoms with van der Waals surface area (Å²) < 4.78 is 26.5. The molecule has 0 bridgehead atoms. The van der Waals surface area contributed by atoms with Crippen molar-refractivity contribution in [3.8, 4) is 0 Å². The first-order valence-electron chi connectivity index (χ1n) is 7.97. The maximum Gasteiger partial charge on any atom is 0.284 e. The van der Waals surface area contributed by atoms with Crippen molar-refractivity contribution >= 4 is 27.5 Å². The van der Waals surface area contributed by atoms with Crippen LogP contribution in [0.5, 0.6) is 0 Å². The molecule has 0 unspecified atom stereocenters. The van der Waals surface area contributed by atoms with E-state index in [1.54, 1.807) is 19.9 Å². The van der Waals surface area contributed by atoms with Gasteiger partial charge >= 0.3 is 0 Å². The highest BCUT2D eigenvalue weighted by molar-refractivity contribution is 7.99. The number of aryl methyl sites for hydroxylation is 2. The lowest BCUT2D eigenvalue weighted by molar-refractivity contribution is -0.388. The van der Waals surface area contributed by atoms with Gasteiger partial charge in [0.05, 0.1) is 14.7 Å². The minimum absolute atomic E-state index is 0.0985. The van der Waals surface area contributed by atoms with Gasteiger partial charge in [0.15, 0.2) is 5.16 Å². The summed E-state index contributed by atoms with van der Waals surface area (Å²) in [4.78, 5) is 19.6. The fourth-order valence-corrected chi connectivity index (χ4v) is 4.87. The van der Waals surface area contributed by atoms with E-state index in [0.717, 1.165) is 29.2 Å². The van der Waals surface area contributed by atoms with Crippen LogP contribution in [0.4, 0.5) is 5.69 Å². The number of aromatic nitrogens is 2. The molecule has 0 fully saturated rings. The van der Waals surface area contributed by atoms with Crippen LogP contribution in [-0.2, 0) is 10.0 Å². The molecule has 0 saturated carbocycles. The molecule has 2 rings (SSSR count). The van der Waals surface area contributed by atoms with Crippen LogP contribution >= 0.6 is 11.8 Å². The van der Waals surface area contributed by atoms with E-state index in [1.165, 1.54) is 16.4 Å². The van der Waals surface area contributed by atoms with Gasteiger partial charge < -0.3 is 0 Å². The molecule has 0 aliphatic heterocycles. The van der Waals surface area contributed by atoms with Crippen molar-refractivity contribution in [2.75, 3.05) is 13.1 Å². The summed E-state index contributed by atoms with van der Waals surface area (Å²) in [6.45, 7) is 7.65. The first-order valence-corrected chi connectivity index (χ1v) is 10.2. The molecule has 0 saturated heterocycles. The molecule has 0 N–H and O–H groups in total. The Balaban J connectivity index is 2.48. The van der Waals surface area contributed by atoms with Crippen molar-refractivity contribution in [3.63, 3.8) is 0 Å². The summed E-state index contributed by atoms with van der Waals surface area (Å²) in [6, 6.07) is 5.71. The van der Waals surface area contributed by atoms with Crippen LogP contribution in [-0.4, -0.2) is 40.7 Å². The van der Waals surface area contributed by atoms with Gasteiger partial charge in [0.25, 0.3) is 5.69 Å². The molecule has 0 spiro atoms. The molecular weight excluding hydrogens is 376 g/mol. The Kier molecular flexibility index (Phi) is 6.32. The number of nitro groups is 1. The van der Waals surface area contributed by atoms with Crippen molar-refractivity contribution in [3.05, 3.63) is 45.8 Å². The molecule has 0 amide bonds. The first kappa shape index (κ1) is 20.3. The number of hydrogen-bond acceptors (Lipinski definition) is 7. The van der Waals surface area contributed by atoms with E-state index in [1.807, 2.05) is 13.8 Å². The van der Waals surface area contributed by atoms with E-state index in [9.17, 15) is 18.5 Å². The molecular formula is C16H20N4O4S2. The third kappa shape index (κ3) is 4.37. The molecule has 0 aliphatic carbocycles. The highest BCUT2D eigenvalue weighted by Gasteiger charge is 2.26. The number of hydrogen-bond donors (Lipinski definition) is 0. The molecule has 2 aromatic rings. The number of nitrogens with zero attached hydrogens (tertiary/aromatic N) is 4. The molecule has 1 aromatic carbocycles. The Hall–Kier alpha value is -2.04. The van der Waals surface area contributed by atoms with E-state index in [-0.39, 0.29) is 10.6 Å². The van der Waals surface area contributed by atoms with Crippen LogP contribution in [0.25, 0.3) is 0 Å². The van der Waals surface area contributed by atoms with E-state index in [2.05, 4.69) is 9.97 Å². The second-order valence-electron chi connectivity index (χ2n) is 5.51. The molecule has 140 valence electrons. The molecule has 0 atom stereocenters. The third-order valence-electron chi connectivity index (χ3n) is 3.63. The van der Waals surface area contributed by atoms with Crippen LogP contribution in [0.15, 0.2) is 39.2 Å². The van der Waals surface area contributed by atoms with Crippen molar-refractivity contribution in [2.45, 2.75) is 42.6 Å². The van der Waals surface area contributed by atoms with E-state index in [4.69, 9.17) is 0 Å². The first-order chi connectivity index (χ1) is 12.2. The topological polar surface area (TPSA) is 106 Å². The summed E-state index contributed by atoms with van der Waals surface area (Å²) >= 11 is 1.04. The lowest BCUT2D eigenvalue weighted by Crippen LogP contribution is -2.30. The standard InChI is InChI=1S/C16H20N4O4S2/c1-5-19(6-2)26(23,24)13-7-8-15(14(10-13)20(21)22)25-16-17-11(3)9-12(4)18-16/h7-10H,5-6H2,1-4H3. The quantitative estimate of drug-likeness (QED) is 0.402. The minimum atomic E-state index is -3.77. The molecule has 1 aromatic heterocycles. The third-order valence-corrected chi connectivity index (χ3v) is 6.61. The molecule has 0 radical (unpaired) electrons. The zero-order chi connectivity index (χ0) is 19.5. The van der Waals surface area contributed by atoms with E-state index < -0.39 is 14.9 Å². The molecule has 8 nitrogen and oxygen atoms in total. The summed E-state index contributed by atoms with van der Waals surface area (Å²) in [6.07, 6.45) is 0. The lowest BCUT2D eigenvalue weighted by atomic mass is 10.3. The van der Waals surface area contributed by atoms with Crippen LogP contribution in [0, 0.1) is 24.0 Å². The Bertz CT molecular complexity index is 908. The summed E-state index contributed by atoms with van der Waals surface area (Å²) in [5.74, 6) is 0. The smallest absolute Gasteiger partial charge is 0.258 e. The predicted molar refractivity (Wildman–Crippen MR) is 98.8 cm³/mol. The van der Waals surface area contributed by atoms with Crippen LogP contribution in [0.2, 0.25) is 0 Å². The van der Waals surface area contributed by atoms with Crippen molar-refractivity contribution in [1.82, 2.24) is 14.3 Å². The molecule has 10 heteroatoms. The van der Waals surface area contributed by atoms with E-state index >= 15 is 0 Å². The van der Waals surface area contributed by atoms with Gasteiger partial charge in [0.1, 0.15) is 0 Å². The van der Waals surface area contributed by atoms with Gasteiger partial charge in [-0.15, -0.1) is 0 Å². The monoisotopic (exact) mass is 396 g/mol. The fourth-order valence-electron chi connectivity index (χ4n) is 2.44.